The molecule has 0 unspecified atom stereocenters. The predicted molar refractivity (Wildman–Crippen MR) is 124 cm³/mol. The summed E-state index contributed by atoms with van der Waals surface area (Å²) in [5.41, 5.74) is 4.57. The number of benzene rings is 2. The van der Waals surface area contributed by atoms with E-state index in [4.69, 9.17) is 14.3 Å². The molecule has 3 aromatic rings. The van der Waals surface area contributed by atoms with Gasteiger partial charge in [-0.15, -0.1) is 0 Å². The minimum absolute atomic E-state index is 0.0366. The Balaban J connectivity index is 1.28. The van der Waals surface area contributed by atoms with Crippen LogP contribution in [0, 0.1) is 0 Å². The van der Waals surface area contributed by atoms with E-state index in [1.54, 1.807) is 0 Å². The standard InChI is InChI=1S/C26H26N2O6/c1-2-16(13-24(29)27-14-17-11-12-23(34-17)25(30)31)28-26(32)33-15-22-20-9-5-3-7-18(20)19-8-4-6-10-21(19)22/h3-12,16,22H,2,13-15H2,1H3,(H,27,29)(H,28,32)(H,30,31)/t16-/m0/s1. The Morgan fingerprint density at radius 2 is 1.65 bits per heavy atom. The van der Waals surface area contributed by atoms with Gasteiger partial charge in [0.1, 0.15) is 12.4 Å². The fraction of sp³-hybridized carbons (Fsp3) is 0.269. The third kappa shape index (κ3) is 5.11. The van der Waals surface area contributed by atoms with Crippen molar-refractivity contribution in [3.8, 4) is 11.1 Å². The first-order valence-electron chi connectivity index (χ1n) is 11.2. The number of carboxylic acids is 1. The van der Waals surface area contributed by atoms with Crippen molar-refractivity contribution in [2.24, 2.45) is 0 Å². The molecule has 0 saturated heterocycles. The molecule has 8 heteroatoms. The first kappa shape index (κ1) is 23.1. The van der Waals surface area contributed by atoms with Gasteiger partial charge in [0, 0.05) is 18.4 Å². The number of fused-ring (bicyclic) bond motifs is 3. The Bertz CT molecular complexity index is 1160. The molecule has 1 aliphatic rings. The Labute approximate surface area is 196 Å². The summed E-state index contributed by atoms with van der Waals surface area (Å²) in [7, 11) is 0. The smallest absolute Gasteiger partial charge is 0.407 e. The summed E-state index contributed by atoms with van der Waals surface area (Å²) in [5.74, 6) is -1.35. The van der Waals surface area contributed by atoms with Crippen LogP contribution < -0.4 is 10.6 Å². The van der Waals surface area contributed by atoms with E-state index in [0.717, 1.165) is 22.3 Å². The average Bonchev–Trinajstić information content (AvgIpc) is 3.44. The van der Waals surface area contributed by atoms with Crippen molar-refractivity contribution in [2.45, 2.75) is 38.3 Å². The van der Waals surface area contributed by atoms with Crippen molar-refractivity contribution in [1.82, 2.24) is 10.6 Å². The van der Waals surface area contributed by atoms with E-state index in [9.17, 15) is 14.4 Å². The lowest BCUT2D eigenvalue weighted by Crippen LogP contribution is -2.39. The fourth-order valence-corrected chi connectivity index (χ4v) is 4.17. The zero-order valence-electron chi connectivity index (χ0n) is 18.7. The van der Waals surface area contributed by atoms with Gasteiger partial charge in [-0.2, -0.15) is 0 Å². The topological polar surface area (TPSA) is 118 Å². The molecule has 0 radical (unpaired) electrons. The molecule has 0 bridgehead atoms. The van der Waals surface area contributed by atoms with Crippen LogP contribution in [-0.2, 0) is 16.1 Å². The zero-order chi connectivity index (χ0) is 24.1. The number of aromatic carboxylic acids is 1. The molecule has 0 saturated carbocycles. The van der Waals surface area contributed by atoms with Gasteiger partial charge < -0.3 is 24.9 Å². The van der Waals surface area contributed by atoms with Gasteiger partial charge in [-0.25, -0.2) is 9.59 Å². The summed E-state index contributed by atoms with van der Waals surface area (Å²) < 4.78 is 10.7. The largest absolute Gasteiger partial charge is 0.475 e. The van der Waals surface area contributed by atoms with E-state index in [1.807, 2.05) is 31.2 Å². The van der Waals surface area contributed by atoms with Crippen LogP contribution in [-0.4, -0.2) is 35.7 Å². The number of ether oxygens (including phenoxy) is 1. The first-order chi connectivity index (χ1) is 16.5. The van der Waals surface area contributed by atoms with Gasteiger partial charge >= 0.3 is 12.1 Å². The maximum absolute atomic E-state index is 12.5. The molecule has 1 atom stereocenters. The van der Waals surface area contributed by atoms with Gasteiger partial charge in [-0.3, -0.25) is 4.79 Å². The number of nitrogens with one attached hydrogen (secondary N) is 2. The second-order valence-electron chi connectivity index (χ2n) is 8.13. The molecule has 4 rings (SSSR count). The third-order valence-electron chi connectivity index (χ3n) is 5.92. The molecule has 0 fully saturated rings. The highest BCUT2D eigenvalue weighted by atomic mass is 16.5. The van der Waals surface area contributed by atoms with Gasteiger partial charge in [-0.1, -0.05) is 55.5 Å². The van der Waals surface area contributed by atoms with Gasteiger partial charge in [-0.05, 0) is 40.8 Å². The van der Waals surface area contributed by atoms with Crippen LogP contribution in [0.25, 0.3) is 11.1 Å². The van der Waals surface area contributed by atoms with Crippen LogP contribution >= 0.6 is 0 Å². The lowest BCUT2D eigenvalue weighted by molar-refractivity contribution is -0.121. The first-order valence-corrected chi connectivity index (χ1v) is 11.2. The summed E-state index contributed by atoms with van der Waals surface area (Å²) in [4.78, 5) is 35.6. The number of carbonyl (C=O) groups is 3. The SMILES string of the molecule is CC[C@@H](CC(=O)NCc1ccc(C(=O)O)o1)NC(=O)OCC1c2ccccc2-c2ccccc21. The highest BCUT2D eigenvalue weighted by Gasteiger charge is 2.29. The van der Waals surface area contributed by atoms with Crippen molar-refractivity contribution in [2.75, 3.05) is 6.61 Å². The minimum atomic E-state index is -1.17. The summed E-state index contributed by atoms with van der Waals surface area (Å²) in [6, 6.07) is 18.6. The minimum Gasteiger partial charge on any atom is -0.475 e. The quantitative estimate of drug-likeness (QED) is 0.436. The number of furan rings is 1. The van der Waals surface area contributed by atoms with E-state index in [-0.39, 0.29) is 37.2 Å². The van der Waals surface area contributed by atoms with Crippen molar-refractivity contribution in [3.63, 3.8) is 0 Å². The van der Waals surface area contributed by atoms with E-state index < -0.39 is 18.1 Å². The monoisotopic (exact) mass is 462 g/mol. The molecule has 3 N–H and O–H groups in total. The van der Waals surface area contributed by atoms with Crippen molar-refractivity contribution in [3.05, 3.63) is 83.3 Å². The Kier molecular flexibility index (Phi) is 6.96. The number of hydrogen-bond donors (Lipinski definition) is 3. The Hall–Kier alpha value is -4.07. The molecule has 1 heterocycles. The summed E-state index contributed by atoms with van der Waals surface area (Å²) in [6.45, 7) is 2.13. The number of carbonyl (C=O) groups excluding carboxylic acids is 2. The number of amides is 2. The Morgan fingerprint density at radius 1 is 1.00 bits per heavy atom. The third-order valence-corrected chi connectivity index (χ3v) is 5.92. The molecular weight excluding hydrogens is 436 g/mol. The van der Waals surface area contributed by atoms with E-state index in [2.05, 4.69) is 34.9 Å². The van der Waals surface area contributed by atoms with Gasteiger partial charge in [0.15, 0.2) is 0 Å². The normalized spacial score (nSPS) is 13.0. The highest BCUT2D eigenvalue weighted by Crippen LogP contribution is 2.44. The summed E-state index contributed by atoms with van der Waals surface area (Å²) in [5, 5.41) is 14.3. The lowest BCUT2D eigenvalue weighted by atomic mass is 9.98. The van der Waals surface area contributed by atoms with Gasteiger partial charge in [0.2, 0.25) is 11.7 Å². The Morgan fingerprint density at radius 3 is 2.24 bits per heavy atom. The maximum Gasteiger partial charge on any atom is 0.407 e. The second kappa shape index (κ2) is 10.2. The van der Waals surface area contributed by atoms with E-state index >= 15 is 0 Å². The molecule has 8 nitrogen and oxygen atoms in total. The molecule has 34 heavy (non-hydrogen) atoms. The van der Waals surface area contributed by atoms with Crippen molar-refractivity contribution in [1.29, 1.82) is 0 Å². The number of hydrogen-bond acceptors (Lipinski definition) is 5. The lowest BCUT2D eigenvalue weighted by Gasteiger charge is -2.18. The van der Waals surface area contributed by atoms with Crippen LogP contribution in [0.3, 0.4) is 0 Å². The predicted octanol–water partition coefficient (Wildman–Crippen LogP) is 4.30. The van der Waals surface area contributed by atoms with Crippen molar-refractivity contribution >= 4 is 18.0 Å². The van der Waals surface area contributed by atoms with Crippen LogP contribution in [0.15, 0.2) is 65.1 Å². The summed E-state index contributed by atoms with van der Waals surface area (Å²) in [6.07, 6.45) is 0.0352. The van der Waals surface area contributed by atoms with Gasteiger partial charge in [0.25, 0.3) is 0 Å². The van der Waals surface area contributed by atoms with Crippen LogP contribution in [0.4, 0.5) is 4.79 Å². The molecular formula is C26H26N2O6. The van der Waals surface area contributed by atoms with E-state index in [1.165, 1.54) is 12.1 Å². The van der Waals surface area contributed by atoms with Crippen LogP contribution in [0.1, 0.15) is 53.1 Å². The number of carboxylic acid groups (broad SMARTS) is 1. The summed E-state index contributed by atoms with van der Waals surface area (Å²) >= 11 is 0. The fourth-order valence-electron chi connectivity index (χ4n) is 4.17. The van der Waals surface area contributed by atoms with E-state index in [0.29, 0.717) is 12.2 Å². The second-order valence-corrected chi connectivity index (χ2v) is 8.13. The molecule has 1 aromatic heterocycles. The highest BCUT2D eigenvalue weighted by molar-refractivity contribution is 5.84. The maximum atomic E-state index is 12.5. The molecule has 1 aliphatic carbocycles. The molecule has 0 aliphatic heterocycles. The van der Waals surface area contributed by atoms with Crippen LogP contribution in [0.2, 0.25) is 0 Å². The molecule has 0 spiro atoms. The van der Waals surface area contributed by atoms with Crippen molar-refractivity contribution < 1.29 is 28.6 Å². The molecule has 2 amide bonds. The number of rotatable bonds is 9. The molecule has 176 valence electrons. The zero-order valence-corrected chi connectivity index (χ0v) is 18.7. The number of alkyl carbamates (subject to hydrolysis) is 1. The average molecular weight is 463 g/mol. The van der Waals surface area contributed by atoms with Crippen LogP contribution in [0.5, 0.6) is 0 Å². The van der Waals surface area contributed by atoms with Gasteiger partial charge in [0.05, 0.1) is 6.54 Å². The molecule has 2 aromatic carbocycles.